The second-order valence-electron chi connectivity index (χ2n) is 7.75. The molecule has 3 atom stereocenters. The summed E-state index contributed by atoms with van der Waals surface area (Å²) in [6, 6.07) is 13.1. The van der Waals surface area contributed by atoms with Crippen LogP contribution in [0.5, 0.6) is 5.75 Å². The first-order valence-electron chi connectivity index (χ1n) is 9.88. The van der Waals surface area contributed by atoms with Crippen molar-refractivity contribution in [2.45, 2.75) is 25.0 Å². The number of nitrogens with one attached hydrogen (secondary N) is 1. The summed E-state index contributed by atoms with van der Waals surface area (Å²) in [6.45, 7) is 1.54. The first-order valence-corrected chi connectivity index (χ1v) is 9.88. The number of carbonyl (C=O) groups excluding carboxylic acids is 2. The van der Waals surface area contributed by atoms with Gasteiger partial charge in [-0.05, 0) is 43.3 Å². The number of amides is 2. The lowest BCUT2D eigenvalue weighted by molar-refractivity contribution is -0.140. The monoisotopic (exact) mass is 394 g/mol. The van der Waals surface area contributed by atoms with Crippen molar-refractivity contribution in [3.8, 4) is 5.75 Å². The number of pyridine rings is 1. The number of likely N-dealkylation sites (N-methyl/N-ethyl adjacent to an activating group) is 1. The average Bonchev–Trinajstić information content (AvgIpc) is 3.12. The molecule has 2 aliphatic rings. The number of nitrogens with zero attached hydrogens (tertiary/aromatic N) is 3. The fourth-order valence-corrected chi connectivity index (χ4v) is 4.47. The molecule has 7 nitrogen and oxygen atoms in total. The van der Waals surface area contributed by atoms with E-state index in [2.05, 4.69) is 10.3 Å². The molecular weight excluding hydrogens is 368 g/mol. The Morgan fingerprint density at radius 2 is 2.03 bits per heavy atom. The van der Waals surface area contributed by atoms with E-state index in [1.54, 1.807) is 13.3 Å². The van der Waals surface area contributed by atoms with Gasteiger partial charge in [0.05, 0.1) is 37.9 Å². The number of ether oxygens (including phenoxy) is 1. The number of aromatic nitrogens is 1. The number of methoxy groups -OCH3 is 1. The quantitative estimate of drug-likeness (QED) is 0.834. The molecule has 1 aromatic carbocycles. The zero-order chi connectivity index (χ0) is 20.4. The Morgan fingerprint density at radius 1 is 1.24 bits per heavy atom. The van der Waals surface area contributed by atoms with Crippen molar-refractivity contribution < 1.29 is 14.3 Å². The minimum Gasteiger partial charge on any atom is -0.497 e. The Morgan fingerprint density at radius 3 is 2.72 bits per heavy atom. The van der Waals surface area contributed by atoms with Crippen molar-refractivity contribution in [1.82, 2.24) is 20.1 Å². The van der Waals surface area contributed by atoms with Crippen LogP contribution in [-0.4, -0.2) is 59.9 Å². The van der Waals surface area contributed by atoms with Gasteiger partial charge in [-0.15, -0.1) is 0 Å². The van der Waals surface area contributed by atoms with Crippen LogP contribution in [0.4, 0.5) is 0 Å². The predicted octanol–water partition coefficient (Wildman–Crippen LogP) is 1.61. The summed E-state index contributed by atoms with van der Waals surface area (Å²) in [7, 11) is 3.57. The van der Waals surface area contributed by atoms with E-state index in [-0.39, 0.29) is 29.8 Å². The minimum atomic E-state index is -0.299. The lowest BCUT2D eigenvalue weighted by atomic mass is 9.92. The number of benzene rings is 1. The van der Waals surface area contributed by atoms with Crippen LogP contribution in [0.2, 0.25) is 0 Å². The zero-order valence-corrected chi connectivity index (χ0v) is 16.7. The summed E-state index contributed by atoms with van der Waals surface area (Å²) in [6.07, 6.45) is 2.37. The van der Waals surface area contributed by atoms with Gasteiger partial charge in [0.2, 0.25) is 11.8 Å². The van der Waals surface area contributed by atoms with E-state index in [4.69, 9.17) is 4.74 Å². The molecule has 2 fully saturated rings. The molecule has 2 amide bonds. The molecule has 0 saturated carbocycles. The van der Waals surface area contributed by atoms with Gasteiger partial charge in [-0.25, -0.2) is 0 Å². The Bertz CT molecular complexity index is 871. The lowest BCUT2D eigenvalue weighted by Gasteiger charge is -2.38. The third-order valence-corrected chi connectivity index (χ3v) is 5.78. The number of hydrogen-bond donors (Lipinski definition) is 1. The fourth-order valence-electron chi connectivity index (χ4n) is 4.47. The smallest absolute Gasteiger partial charge is 0.237 e. The van der Waals surface area contributed by atoms with Crippen molar-refractivity contribution in [1.29, 1.82) is 0 Å². The van der Waals surface area contributed by atoms with Crippen LogP contribution in [-0.2, 0) is 16.1 Å². The van der Waals surface area contributed by atoms with Gasteiger partial charge in [0, 0.05) is 18.8 Å². The SMILES string of the molecule is COc1ccc([C@@H]2[C@H](C(=O)NCc3ccccn3)C[C@@H]3CN(C)CC(=O)N32)cc1. The van der Waals surface area contributed by atoms with Gasteiger partial charge in [-0.3, -0.25) is 19.5 Å². The van der Waals surface area contributed by atoms with Gasteiger partial charge in [0.15, 0.2) is 0 Å². The summed E-state index contributed by atoms with van der Waals surface area (Å²) < 4.78 is 5.26. The Balaban J connectivity index is 1.59. The summed E-state index contributed by atoms with van der Waals surface area (Å²) >= 11 is 0. The molecule has 0 bridgehead atoms. The van der Waals surface area contributed by atoms with Crippen molar-refractivity contribution in [2.75, 3.05) is 27.2 Å². The largest absolute Gasteiger partial charge is 0.497 e. The predicted molar refractivity (Wildman–Crippen MR) is 108 cm³/mol. The van der Waals surface area contributed by atoms with Crippen molar-refractivity contribution in [2.24, 2.45) is 5.92 Å². The van der Waals surface area contributed by atoms with E-state index in [9.17, 15) is 9.59 Å². The van der Waals surface area contributed by atoms with Crippen LogP contribution < -0.4 is 10.1 Å². The first-order chi connectivity index (χ1) is 14.1. The molecule has 29 heavy (non-hydrogen) atoms. The molecule has 7 heteroatoms. The van der Waals surface area contributed by atoms with Gasteiger partial charge in [-0.1, -0.05) is 18.2 Å². The highest BCUT2D eigenvalue weighted by Gasteiger charge is 2.49. The van der Waals surface area contributed by atoms with Gasteiger partial charge in [0.25, 0.3) is 0 Å². The molecule has 0 aliphatic carbocycles. The van der Waals surface area contributed by atoms with Crippen LogP contribution in [0.25, 0.3) is 0 Å². The molecule has 3 heterocycles. The van der Waals surface area contributed by atoms with E-state index >= 15 is 0 Å². The number of hydrogen-bond acceptors (Lipinski definition) is 5. The van der Waals surface area contributed by atoms with Crippen LogP contribution in [0, 0.1) is 5.92 Å². The molecule has 2 aliphatic heterocycles. The van der Waals surface area contributed by atoms with Crippen molar-refractivity contribution >= 4 is 11.8 Å². The van der Waals surface area contributed by atoms with Gasteiger partial charge in [0.1, 0.15) is 5.75 Å². The van der Waals surface area contributed by atoms with Crippen LogP contribution in [0.1, 0.15) is 23.7 Å². The standard InChI is InChI=1S/C22H26N4O3/c1-25-13-17-11-19(22(28)24-12-16-5-3-4-10-23-16)21(26(17)20(27)14-25)15-6-8-18(29-2)9-7-15/h3-10,17,19,21H,11-14H2,1-2H3,(H,24,28)/t17-,19-,21-/m1/s1. The Kier molecular flexibility index (Phi) is 5.49. The lowest BCUT2D eigenvalue weighted by Crippen LogP contribution is -2.53. The molecule has 1 N–H and O–H groups in total. The molecule has 2 saturated heterocycles. The van der Waals surface area contributed by atoms with E-state index in [1.807, 2.05) is 59.3 Å². The number of piperazine rings is 1. The van der Waals surface area contributed by atoms with E-state index < -0.39 is 0 Å². The summed E-state index contributed by atoms with van der Waals surface area (Å²) in [5.41, 5.74) is 1.78. The first kappa shape index (κ1) is 19.4. The summed E-state index contributed by atoms with van der Waals surface area (Å²) in [4.78, 5) is 34.2. The van der Waals surface area contributed by atoms with E-state index in [0.717, 1.165) is 23.6 Å². The van der Waals surface area contributed by atoms with Gasteiger partial charge in [-0.2, -0.15) is 0 Å². The van der Waals surface area contributed by atoms with Crippen LogP contribution in [0.3, 0.4) is 0 Å². The zero-order valence-electron chi connectivity index (χ0n) is 16.7. The highest BCUT2D eigenvalue weighted by Crippen LogP contribution is 2.43. The van der Waals surface area contributed by atoms with Crippen LogP contribution in [0.15, 0.2) is 48.7 Å². The van der Waals surface area contributed by atoms with Crippen molar-refractivity contribution in [3.63, 3.8) is 0 Å². The number of carbonyl (C=O) groups is 2. The van der Waals surface area contributed by atoms with Gasteiger partial charge >= 0.3 is 0 Å². The maximum absolute atomic E-state index is 13.1. The fraction of sp³-hybridized carbons (Fsp3) is 0.409. The van der Waals surface area contributed by atoms with Crippen molar-refractivity contribution in [3.05, 3.63) is 59.9 Å². The molecule has 0 spiro atoms. The average molecular weight is 394 g/mol. The highest BCUT2D eigenvalue weighted by molar-refractivity contribution is 5.85. The van der Waals surface area contributed by atoms with E-state index in [0.29, 0.717) is 19.5 Å². The molecule has 1 aromatic heterocycles. The Hall–Kier alpha value is -2.93. The molecule has 4 rings (SSSR count). The molecular formula is C22H26N4O3. The second kappa shape index (κ2) is 8.21. The third kappa shape index (κ3) is 3.96. The normalized spacial score (nSPS) is 24.3. The van der Waals surface area contributed by atoms with Gasteiger partial charge < -0.3 is 15.0 Å². The topological polar surface area (TPSA) is 74.8 Å². The van der Waals surface area contributed by atoms with E-state index in [1.165, 1.54) is 0 Å². The minimum absolute atomic E-state index is 0.0404. The number of fused-ring (bicyclic) bond motifs is 1. The van der Waals surface area contributed by atoms with Crippen LogP contribution >= 0.6 is 0 Å². The maximum atomic E-state index is 13.1. The summed E-state index contributed by atoms with van der Waals surface area (Å²) in [5, 5.41) is 3.02. The molecule has 2 aromatic rings. The number of rotatable bonds is 5. The Labute approximate surface area is 170 Å². The molecule has 0 radical (unpaired) electrons. The third-order valence-electron chi connectivity index (χ3n) is 5.78. The maximum Gasteiger partial charge on any atom is 0.237 e. The second-order valence-corrected chi connectivity index (χ2v) is 7.75. The molecule has 152 valence electrons. The highest BCUT2D eigenvalue weighted by atomic mass is 16.5. The molecule has 0 unspecified atom stereocenters. The summed E-state index contributed by atoms with van der Waals surface area (Å²) in [5.74, 6) is 0.489.